The van der Waals surface area contributed by atoms with Gasteiger partial charge in [0.2, 0.25) is 5.91 Å². The lowest BCUT2D eigenvalue weighted by Crippen LogP contribution is -2.54. The molecule has 168 valence electrons. The van der Waals surface area contributed by atoms with E-state index in [0.717, 1.165) is 4.47 Å². The number of ether oxygens (including phenoxy) is 1. The van der Waals surface area contributed by atoms with E-state index in [0.29, 0.717) is 22.8 Å². The fraction of sp³-hybridized carbons (Fsp3) is 0.391. The van der Waals surface area contributed by atoms with Crippen molar-refractivity contribution in [1.29, 1.82) is 0 Å². The van der Waals surface area contributed by atoms with Gasteiger partial charge >= 0.3 is 0 Å². The van der Waals surface area contributed by atoms with Crippen LogP contribution < -0.4 is 10.1 Å². The van der Waals surface area contributed by atoms with Gasteiger partial charge in [-0.1, -0.05) is 46.6 Å². The van der Waals surface area contributed by atoms with E-state index >= 15 is 0 Å². The topological polar surface area (TPSA) is 58.6 Å². The molecule has 0 heterocycles. The third kappa shape index (κ3) is 7.82. The van der Waals surface area contributed by atoms with E-state index in [-0.39, 0.29) is 30.8 Å². The van der Waals surface area contributed by atoms with Crippen molar-refractivity contribution in [3.63, 3.8) is 0 Å². The van der Waals surface area contributed by atoms with Gasteiger partial charge in [0.05, 0.1) is 5.02 Å². The highest BCUT2D eigenvalue weighted by atomic mass is 79.9. The van der Waals surface area contributed by atoms with Crippen molar-refractivity contribution < 1.29 is 18.7 Å². The molecule has 2 amide bonds. The van der Waals surface area contributed by atoms with Gasteiger partial charge in [-0.3, -0.25) is 9.59 Å². The molecule has 2 rings (SSSR count). The second kappa shape index (κ2) is 11.0. The second-order valence-electron chi connectivity index (χ2n) is 8.17. The summed E-state index contributed by atoms with van der Waals surface area (Å²) < 4.78 is 19.7. The third-order valence-electron chi connectivity index (χ3n) is 4.40. The molecule has 8 heteroatoms. The second-order valence-corrected chi connectivity index (χ2v) is 9.50. The summed E-state index contributed by atoms with van der Waals surface area (Å²) in [6.45, 7) is 7.33. The molecule has 0 aliphatic heterocycles. The van der Waals surface area contributed by atoms with E-state index in [9.17, 15) is 14.0 Å². The van der Waals surface area contributed by atoms with Crippen LogP contribution in [0.25, 0.3) is 0 Å². The first kappa shape index (κ1) is 25.1. The van der Waals surface area contributed by atoms with Crippen LogP contribution in [-0.4, -0.2) is 34.9 Å². The van der Waals surface area contributed by atoms with Crippen LogP contribution in [0, 0.1) is 5.82 Å². The Balaban J connectivity index is 2.24. The van der Waals surface area contributed by atoms with Crippen LogP contribution >= 0.6 is 27.5 Å². The maximum Gasteiger partial charge on any atom is 0.261 e. The standard InChI is InChI=1S/C23H27BrClFN2O3/c1-5-19(22(30)27-23(2,3)4)28(13-15-6-9-17(26)10-7-15)21(29)14-31-20-11-8-16(24)12-18(20)25/h6-12,19H,5,13-14H2,1-4H3,(H,27,30). The van der Waals surface area contributed by atoms with Gasteiger partial charge in [0, 0.05) is 16.6 Å². The summed E-state index contributed by atoms with van der Waals surface area (Å²) in [5.41, 5.74) is 0.259. The molecule has 1 atom stereocenters. The Morgan fingerprint density at radius 3 is 2.39 bits per heavy atom. The maximum atomic E-state index is 13.3. The number of rotatable bonds is 8. The zero-order chi connectivity index (χ0) is 23.2. The highest BCUT2D eigenvalue weighted by Crippen LogP contribution is 2.28. The Kier molecular flexibility index (Phi) is 8.89. The summed E-state index contributed by atoms with van der Waals surface area (Å²) in [5, 5.41) is 3.30. The fourth-order valence-corrected chi connectivity index (χ4v) is 3.70. The van der Waals surface area contributed by atoms with Crippen LogP contribution in [0.5, 0.6) is 5.75 Å². The van der Waals surface area contributed by atoms with Crippen LogP contribution in [0.4, 0.5) is 4.39 Å². The van der Waals surface area contributed by atoms with Crippen molar-refractivity contribution in [3.8, 4) is 5.75 Å². The summed E-state index contributed by atoms with van der Waals surface area (Å²) in [6, 6.07) is 10.2. The van der Waals surface area contributed by atoms with E-state index in [4.69, 9.17) is 16.3 Å². The fourth-order valence-electron chi connectivity index (χ4n) is 2.97. The quantitative estimate of drug-likeness (QED) is 0.518. The Bertz CT molecular complexity index is 916. The minimum atomic E-state index is -0.708. The predicted octanol–water partition coefficient (Wildman–Crippen LogP) is 5.34. The molecule has 0 radical (unpaired) electrons. The van der Waals surface area contributed by atoms with Gasteiger partial charge in [0.15, 0.2) is 6.61 Å². The van der Waals surface area contributed by atoms with Gasteiger partial charge in [-0.15, -0.1) is 0 Å². The van der Waals surface area contributed by atoms with E-state index in [1.54, 1.807) is 30.3 Å². The average molecular weight is 514 g/mol. The molecule has 0 aromatic heterocycles. The third-order valence-corrected chi connectivity index (χ3v) is 5.18. The summed E-state index contributed by atoms with van der Waals surface area (Å²) >= 11 is 9.49. The minimum absolute atomic E-state index is 0.145. The van der Waals surface area contributed by atoms with Crippen LogP contribution in [0.2, 0.25) is 5.02 Å². The number of carbonyl (C=O) groups excluding carboxylic acids is 2. The lowest BCUT2D eigenvalue weighted by Gasteiger charge is -2.33. The van der Waals surface area contributed by atoms with Gasteiger partial charge in [-0.05, 0) is 63.1 Å². The van der Waals surface area contributed by atoms with Crippen molar-refractivity contribution in [3.05, 3.63) is 63.3 Å². The van der Waals surface area contributed by atoms with E-state index < -0.39 is 11.6 Å². The maximum absolute atomic E-state index is 13.3. The SMILES string of the molecule is CCC(C(=O)NC(C)(C)C)N(Cc1ccc(F)cc1)C(=O)COc1ccc(Br)cc1Cl. The molecule has 0 saturated carbocycles. The summed E-state index contributed by atoms with van der Waals surface area (Å²) in [6.07, 6.45) is 0.411. The largest absolute Gasteiger partial charge is 0.482 e. The highest BCUT2D eigenvalue weighted by Gasteiger charge is 2.31. The molecule has 0 bridgehead atoms. The van der Waals surface area contributed by atoms with Gasteiger partial charge in [0.25, 0.3) is 5.91 Å². The van der Waals surface area contributed by atoms with E-state index in [2.05, 4.69) is 21.2 Å². The Morgan fingerprint density at radius 2 is 1.84 bits per heavy atom. The Morgan fingerprint density at radius 1 is 1.19 bits per heavy atom. The van der Waals surface area contributed by atoms with Crippen molar-refractivity contribution in [2.24, 2.45) is 0 Å². The normalized spacial score (nSPS) is 12.2. The molecular weight excluding hydrogens is 487 g/mol. The van der Waals surface area contributed by atoms with Gasteiger partial charge in [-0.2, -0.15) is 0 Å². The van der Waals surface area contributed by atoms with Gasteiger partial charge in [0.1, 0.15) is 17.6 Å². The van der Waals surface area contributed by atoms with Gasteiger partial charge in [-0.25, -0.2) is 4.39 Å². The highest BCUT2D eigenvalue weighted by molar-refractivity contribution is 9.10. The van der Waals surface area contributed by atoms with E-state index in [1.807, 2.05) is 27.7 Å². The lowest BCUT2D eigenvalue weighted by atomic mass is 10.1. The lowest BCUT2D eigenvalue weighted by molar-refractivity contribution is -0.143. The molecule has 1 unspecified atom stereocenters. The first-order chi connectivity index (χ1) is 14.5. The summed E-state index contributed by atoms with van der Waals surface area (Å²) in [4.78, 5) is 27.5. The molecule has 0 aliphatic carbocycles. The Hall–Kier alpha value is -2.12. The van der Waals surface area contributed by atoms with Crippen LogP contribution in [0.3, 0.4) is 0 Å². The zero-order valence-corrected chi connectivity index (χ0v) is 20.4. The molecule has 2 aromatic carbocycles. The number of nitrogens with one attached hydrogen (secondary N) is 1. The number of halogens is 3. The summed E-state index contributed by atoms with van der Waals surface area (Å²) in [5.74, 6) is -0.633. The predicted molar refractivity (Wildman–Crippen MR) is 124 cm³/mol. The molecular formula is C23H27BrClFN2O3. The smallest absolute Gasteiger partial charge is 0.261 e. The minimum Gasteiger partial charge on any atom is -0.482 e. The monoisotopic (exact) mass is 512 g/mol. The number of nitrogens with zero attached hydrogens (tertiary/aromatic N) is 1. The first-order valence-corrected chi connectivity index (χ1v) is 11.1. The zero-order valence-electron chi connectivity index (χ0n) is 18.0. The molecule has 5 nitrogen and oxygen atoms in total. The van der Waals surface area contributed by atoms with Gasteiger partial charge < -0.3 is 15.0 Å². The molecule has 0 saturated heterocycles. The number of hydrogen-bond acceptors (Lipinski definition) is 3. The average Bonchev–Trinajstić information content (AvgIpc) is 2.67. The number of amides is 2. The Labute approximate surface area is 196 Å². The molecule has 1 N–H and O–H groups in total. The molecule has 0 aliphatic rings. The van der Waals surface area contributed by atoms with Crippen molar-refractivity contribution in [2.45, 2.75) is 52.2 Å². The van der Waals surface area contributed by atoms with E-state index in [1.165, 1.54) is 17.0 Å². The van der Waals surface area contributed by atoms with Crippen molar-refractivity contribution in [2.75, 3.05) is 6.61 Å². The van der Waals surface area contributed by atoms with Crippen LogP contribution in [0.1, 0.15) is 39.7 Å². The summed E-state index contributed by atoms with van der Waals surface area (Å²) in [7, 11) is 0. The number of benzene rings is 2. The molecule has 0 fully saturated rings. The van der Waals surface area contributed by atoms with Crippen LogP contribution in [-0.2, 0) is 16.1 Å². The molecule has 31 heavy (non-hydrogen) atoms. The van der Waals surface area contributed by atoms with Crippen molar-refractivity contribution >= 4 is 39.3 Å². The number of hydrogen-bond donors (Lipinski definition) is 1. The molecule has 0 spiro atoms. The molecule has 2 aromatic rings. The van der Waals surface area contributed by atoms with Crippen LogP contribution in [0.15, 0.2) is 46.9 Å². The number of carbonyl (C=O) groups is 2. The van der Waals surface area contributed by atoms with Crippen molar-refractivity contribution in [1.82, 2.24) is 10.2 Å². The first-order valence-electron chi connectivity index (χ1n) is 9.94.